The quantitative estimate of drug-likeness (QED) is 0.376. The summed E-state index contributed by atoms with van der Waals surface area (Å²) in [6.07, 6.45) is 6.44. The Bertz CT molecular complexity index is 1360. The van der Waals surface area contributed by atoms with Crippen LogP contribution in [0, 0.1) is 13.8 Å². The van der Waals surface area contributed by atoms with Crippen molar-refractivity contribution in [2.75, 3.05) is 5.32 Å². The molecule has 1 aliphatic rings. The standard InChI is InChI=1S/C25H20N4O2/c1-15-22(14-30)16(2)27-24(15)11-21-20-10-17(8-9-23(20)28-25(21)31)18-12-26-29(13-18)19-6-4-3-5-7-19/h3-14,27H,1-2H3,(H,28,31)/b21-11-. The zero-order valence-corrected chi connectivity index (χ0v) is 17.1. The second kappa shape index (κ2) is 7.25. The van der Waals surface area contributed by atoms with Gasteiger partial charge in [-0.2, -0.15) is 5.10 Å². The minimum absolute atomic E-state index is 0.161. The van der Waals surface area contributed by atoms with Crippen molar-refractivity contribution in [2.24, 2.45) is 0 Å². The summed E-state index contributed by atoms with van der Waals surface area (Å²) in [7, 11) is 0. The van der Waals surface area contributed by atoms with Gasteiger partial charge in [0.05, 0.1) is 17.5 Å². The molecular formula is C25H20N4O2. The predicted octanol–water partition coefficient (Wildman–Crippen LogP) is 4.79. The molecule has 0 aliphatic carbocycles. The van der Waals surface area contributed by atoms with Crippen LogP contribution in [0.5, 0.6) is 0 Å². The number of carbonyl (C=O) groups excluding carboxylic acids is 2. The molecule has 0 spiro atoms. The number of nitrogens with zero attached hydrogens (tertiary/aromatic N) is 2. The van der Waals surface area contributed by atoms with Crippen molar-refractivity contribution < 1.29 is 9.59 Å². The van der Waals surface area contributed by atoms with E-state index in [0.29, 0.717) is 11.1 Å². The van der Waals surface area contributed by atoms with Gasteiger partial charge in [0.1, 0.15) is 0 Å². The lowest BCUT2D eigenvalue weighted by molar-refractivity contribution is -0.110. The SMILES string of the molecule is Cc1[nH]c(/C=C2\C(=O)Nc3ccc(-c4cnn(-c5ccccc5)c4)cc32)c(C)c1C=O. The highest BCUT2D eigenvalue weighted by atomic mass is 16.2. The number of anilines is 1. The first-order valence-electron chi connectivity index (χ1n) is 9.97. The second-order valence-corrected chi connectivity index (χ2v) is 7.60. The van der Waals surface area contributed by atoms with Gasteiger partial charge in [-0.3, -0.25) is 9.59 Å². The highest BCUT2D eigenvalue weighted by Gasteiger charge is 2.25. The topological polar surface area (TPSA) is 79.8 Å². The molecule has 152 valence electrons. The van der Waals surface area contributed by atoms with Gasteiger partial charge in [-0.05, 0) is 55.3 Å². The number of amides is 1. The van der Waals surface area contributed by atoms with Crippen LogP contribution >= 0.6 is 0 Å². The molecule has 0 saturated heterocycles. The Balaban J connectivity index is 1.55. The van der Waals surface area contributed by atoms with Gasteiger partial charge in [0.15, 0.2) is 6.29 Å². The maximum Gasteiger partial charge on any atom is 0.256 e. The van der Waals surface area contributed by atoms with Crippen LogP contribution in [-0.2, 0) is 4.79 Å². The molecule has 0 radical (unpaired) electrons. The fourth-order valence-electron chi connectivity index (χ4n) is 3.96. The second-order valence-electron chi connectivity index (χ2n) is 7.60. The summed E-state index contributed by atoms with van der Waals surface area (Å²) < 4.78 is 1.83. The largest absolute Gasteiger partial charge is 0.358 e. The van der Waals surface area contributed by atoms with E-state index in [-0.39, 0.29) is 5.91 Å². The molecule has 31 heavy (non-hydrogen) atoms. The van der Waals surface area contributed by atoms with Crippen LogP contribution in [0.1, 0.15) is 32.9 Å². The van der Waals surface area contributed by atoms with Gasteiger partial charge in [0.2, 0.25) is 0 Å². The summed E-state index contributed by atoms with van der Waals surface area (Å²) in [5.74, 6) is -0.161. The lowest BCUT2D eigenvalue weighted by Crippen LogP contribution is -2.03. The van der Waals surface area contributed by atoms with Crippen LogP contribution in [0.2, 0.25) is 0 Å². The predicted molar refractivity (Wildman–Crippen MR) is 121 cm³/mol. The van der Waals surface area contributed by atoms with Crippen LogP contribution in [0.25, 0.3) is 28.5 Å². The Hall–Kier alpha value is -4.19. The van der Waals surface area contributed by atoms with Gasteiger partial charge < -0.3 is 10.3 Å². The first-order valence-corrected chi connectivity index (χ1v) is 9.97. The Morgan fingerprint density at radius 3 is 2.58 bits per heavy atom. The van der Waals surface area contributed by atoms with Crippen LogP contribution in [0.3, 0.4) is 0 Å². The van der Waals surface area contributed by atoms with Crippen molar-refractivity contribution in [3.8, 4) is 16.8 Å². The summed E-state index contributed by atoms with van der Waals surface area (Å²) >= 11 is 0. The smallest absolute Gasteiger partial charge is 0.256 e. The van der Waals surface area contributed by atoms with Gasteiger partial charge in [-0.1, -0.05) is 24.3 Å². The molecule has 2 aromatic carbocycles. The van der Waals surface area contributed by atoms with Crippen molar-refractivity contribution in [1.82, 2.24) is 14.8 Å². The lowest BCUT2D eigenvalue weighted by Gasteiger charge is -2.03. The number of aromatic nitrogens is 3. The highest BCUT2D eigenvalue weighted by molar-refractivity contribution is 6.35. The van der Waals surface area contributed by atoms with Gasteiger partial charge in [0.25, 0.3) is 5.91 Å². The van der Waals surface area contributed by atoms with Crippen LogP contribution in [0.15, 0.2) is 60.9 Å². The fraction of sp³-hybridized carbons (Fsp3) is 0.0800. The van der Waals surface area contributed by atoms with E-state index in [2.05, 4.69) is 15.4 Å². The van der Waals surface area contributed by atoms with Gasteiger partial charge >= 0.3 is 0 Å². The van der Waals surface area contributed by atoms with E-state index in [1.54, 1.807) is 0 Å². The third kappa shape index (κ3) is 3.18. The Labute approximate surface area is 179 Å². The zero-order valence-electron chi connectivity index (χ0n) is 17.1. The molecule has 5 rings (SSSR count). The minimum Gasteiger partial charge on any atom is -0.358 e. The van der Waals surface area contributed by atoms with Crippen LogP contribution < -0.4 is 5.32 Å². The molecule has 3 heterocycles. The van der Waals surface area contributed by atoms with Crippen LogP contribution in [0.4, 0.5) is 5.69 Å². The monoisotopic (exact) mass is 408 g/mol. The number of H-pyrrole nitrogens is 1. The van der Waals surface area contributed by atoms with Gasteiger partial charge in [-0.15, -0.1) is 0 Å². The van der Waals surface area contributed by atoms with Gasteiger partial charge in [-0.25, -0.2) is 4.68 Å². The Kier molecular flexibility index (Phi) is 4.40. The number of hydrogen-bond acceptors (Lipinski definition) is 3. The van der Waals surface area contributed by atoms with E-state index in [4.69, 9.17) is 0 Å². The highest BCUT2D eigenvalue weighted by Crippen LogP contribution is 2.37. The first kappa shape index (κ1) is 18.8. The van der Waals surface area contributed by atoms with Crippen molar-refractivity contribution in [1.29, 1.82) is 0 Å². The number of aryl methyl sites for hydroxylation is 1. The summed E-state index contributed by atoms with van der Waals surface area (Å²) in [5.41, 5.74) is 8.09. The number of fused-ring (bicyclic) bond motifs is 1. The molecule has 2 aromatic heterocycles. The number of para-hydroxylation sites is 1. The molecule has 1 aliphatic heterocycles. The van der Waals surface area contributed by atoms with E-state index in [9.17, 15) is 9.59 Å². The van der Waals surface area contributed by atoms with Crippen molar-refractivity contribution in [3.63, 3.8) is 0 Å². The maximum absolute atomic E-state index is 12.7. The molecule has 6 nitrogen and oxygen atoms in total. The van der Waals surface area contributed by atoms with E-state index in [1.807, 2.05) is 85.5 Å². The zero-order chi connectivity index (χ0) is 21.5. The molecule has 0 fully saturated rings. The molecule has 0 atom stereocenters. The lowest BCUT2D eigenvalue weighted by atomic mass is 10.00. The average Bonchev–Trinajstić information content (AvgIpc) is 3.46. The summed E-state index contributed by atoms with van der Waals surface area (Å²) in [4.78, 5) is 27.2. The Morgan fingerprint density at radius 2 is 1.84 bits per heavy atom. The molecular weight excluding hydrogens is 388 g/mol. The third-order valence-electron chi connectivity index (χ3n) is 5.68. The molecule has 2 N–H and O–H groups in total. The van der Waals surface area contributed by atoms with Crippen LogP contribution in [-0.4, -0.2) is 27.0 Å². The van der Waals surface area contributed by atoms with E-state index < -0.39 is 0 Å². The average molecular weight is 408 g/mol. The van der Waals surface area contributed by atoms with Crippen molar-refractivity contribution in [2.45, 2.75) is 13.8 Å². The normalized spacial score (nSPS) is 14.0. The van der Waals surface area contributed by atoms with Crippen molar-refractivity contribution >= 4 is 29.5 Å². The Morgan fingerprint density at radius 1 is 1.03 bits per heavy atom. The summed E-state index contributed by atoms with van der Waals surface area (Å²) in [6.45, 7) is 3.73. The number of aldehydes is 1. The van der Waals surface area contributed by atoms with E-state index in [1.165, 1.54) is 0 Å². The van der Waals surface area contributed by atoms with Gasteiger partial charge in [0, 0.05) is 40.0 Å². The number of rotatable bonds is 4. The molecule has 4 aromatic rings. The molecule has 0 bridgehead atoms. The third-order valence-corrected chi connectivity index (χ3v) is 5.68. The first-order chi connectivity index (χ1) is 15.0. The molecule has 0 saturated carbocycles. The number of aromatic amines is 1. The molecule has 1 amide bonds. The van der Waals surface area contributed by atoms with E-state index in [0.717, 1.165) is 51.3 Å². The minimum atomic E-state index is -0.161. The number of nitrogens with one attached hydrogen (secondary N) is 2. The number of hydrogen-bond donors (Lipinski definition) is 2. The molecule has 6 heteroatoms. The summed E-state index contributed by atoms with van der Waals surface area (Å²) in [6, 6.07) is 15.8. The number of carbonyl (C=O) groups is 2. The van der Waals surface area contributed by atoms with E-state index >= 15 is 0 Å². The molecule has 0 unspecified atom stereocenters. The van der Waals surface area contributed by atoms with Crippen molar-refractivity contribution in [3.05, 3.63) is 89.0 Å². The maximum atomic E-state index is 12.7. The fourth-order valence-corrected chi connectivity index (χ4v) is 3.96. The number of benzene rings is 2. The summed E-state index contributed by atoms with van der Waals surface area (Å²) in [5, 5.41) is 7.39.